The van der Waals surface area contributed by atoms with Crippen molar-refractivity contribution in [3.05, 3.63) is 112 Å². The average molecular weight is 650 g/mol. The van der Waals surface area contributed by atoms with Crippen LogP contribution >= 0.6 is 0 Å². The Hall–Kier alpha value is -2.81. The van der Waals surface area contributed by atoms with Crippen LogP contribution in [0.5, 0.6) is 0 Å². The molecule has 0 saturated carbocycles. The van der Waals surface area contributed by atoms with Crippen molar-refractivity contribution in [2.24, 2.45) is 15.8 Å². The van der Waals surface area contributed by atoms with Crippen molar-refractivity contribution in [2.75, 3.05) is 0 Å². The fourth-order valence-electron chi connectivity index (χ4n) is 4.92. The third kappa shape index (κ3) is 11.8. The van der Waals surface area contributed by atoms with Gasteiger partial charge in [0, 0.05) is 11.1 Å². The first-order valence-corrected chi connectivity index (χ1v) is 16.4. The molecular weight excluding hydrogens is 590 g/mol. The van der Waals surface area contributed by atoms with Crippen molar-refractivity contribution in [3.63, 3.8) is 0 Å². The van der Waals surface area contributed by atoms with Crippen LogP contribution < -0.4 is 0 Å². The van der Waals surface area contributed by atoms with Crippen molar-refractivity contribution in [2.45, 2.75) is 121 Å². The van der Waals surface area contributed by atoms with Gasteiger partial charge in [-0.25, -0.2) is 0 Å². The summed E-state index contributed by atoms with van der Waals surface area (Å²) in [6, 6.07) is 22.4. The van der Waals surface area contributed by atoms with Gasteiger partial charge in [0.25, 0.3) is 0 Å². The van der Waals surface area contributed by atoms with Gasteiger partial charge >= 0.3 is 17.1 Å². The van der Waals surface area contributed by atoms with Crippen LogP contribution in [0, 0.1) is 10.8 Å². The van der Waals surface area contributed by atoms with E-state index in [0.717, 1.165) is 22.8 Å². The average Bonchev–Trinajstić information content (AvgIpc) is 2.91. The minimum atomic E-state index is -0.136. The van der Waals surface area contributed by atoms with Crippen molar-refractivity contribution in [1.82, 2.24) is 0 Å². The van der Waals surface area contributed by atoms with Crippen molar-refractivity contribution >= 4 is 22.8 Å². The first kappa shape index (κ1) is 40.2. The van der Waals surface area contributed by atoms with Crippen LogP contribution in [-0.2, 0) is 17.1 Å². The first-order chi connectivity index (χ1) is 20.3. The van der Waals surface area contributed by atoms with Crippen LogP contribution in [0.15, 0.2) is 83.5 Å². The Morgan fingerprint density at radius 2 is 1.00 bits per heavy atom. The number of nitrogens with zero attached hydrogens (tertiary/aromatic N) is 2. The number of allylic oxidation sites excluding steroid dienone is 2. The second kappa shape index (κ2) is 17.2. The van der Waals surface area contributed by atoms with E-state index >= 15 is 0 Å². The van der Waals surface area contributed by atoms with Crippen LogP contribution in [0.2, 0.25) is 0 Å². The van der Waals surface area contributed by atoms with Gasteiger partial charge in [0.1, 0.15) is 0 Å². The van der Waals surface area contributed by atoms with E-state index in [-0.39, 0.29) is 27.9 Å². The molecule has 0 spiro atoms. The molecule has 4 heteroatoms. The molecule has 0 atom stereocenters. The van der Waals surface area contributed by atoms with E-state index in [1.54, 1.807) is 12.1 Å². The van der Waals surface area contributed by atoms with Gasteiger partial charge in [-0.05, 0) is 40.2 Å². The number of hydrogen-bond donors (Lipinski definition) is 0. The molecule has 0 bridgehead atoms. The van der Waals surface area contributed by atoms with E-state index in [0.29, 0.717) is 29.4 Å². The summed E-state index contributed by atoms with van der Waals surface area (Å²) in [7, 11) is 0. The zero-order valence-corrected chi connectivity index (χ0v) is 31.6. The van der Waals surface area contributed by atoms with Gasteiger partial charge in [-0.15, -0.1) is 11.4 Å². The molecule has 246 valence electrons. The number of nitrogens with one attached hydrogen (secondary N) is 1. The number of benzene rings is 3. The first-order valence-electron chi connectivity index (χ1n) is 16.4. The molecule has 0 fully saturated rings. The van der Waals surface area contributed by atoms with E-state index in [9.17, 15) is 0 Å². The molecule has 0 aliphatic carbocycles. The number of aliphatic imine (C=N–C) groups is 1. The molecule has 0 aliphatic rings. The number of hydrogen-bond acceptors (Lipinski definition) is 1. The van der Waals surface area contributed by atoms with E-state index in [1.165, 1.54) is 22.3 Å². The molecule has 0 heterocycles. The fraction of sp³-hybridized carbons (Fsp3) is 0.488. The Kier molecular flexibility index (Phi) is 15.4. The Bertz CT molecular complexity index is 1350. The third-order valence-electron chi connectivity index (χ3n) is 7.73. The van der Waals surface area contributed by atoms with Gasteiger partial charge in [0.15, 0.2) is 0 Å². The Morgan fingerprint density at radius 1 is 0.600 bits per heavy atom. The van der Waals surface area contributed by atoms with Gasteiger partial charge in [-0.2, -0.15) is 5.70 Å². The van der Waals surface area contributed by atoms with Crippen LogP contribution in [0.25, 0.3) is 11.1 Å². The molecule has 0 radical (unpaired) electrons. The summed E-state index contributed by atoms with van der Waals surface area (Å²) in [5, 5.41) is 5.46. The van der Waals surface area contributed by atoms with Crippen LogP contribution in [0.4, 0.5) is 17.1 Å². The SMILES string of the molecule is CC(C)c1cccc(C(C)C)c1N=C(/C=C(\[N-]c1c(C(C)C)cccc1C(C)C)C(C)(C)C)C(C)(C)C.[Fe+2].[NH-]c1ccccc1. The zero-order valence-electron chi connectivity index (χ0n) is 30.5. The minimum absolute atomic E-state index is 0. The third-order valence-corrected chi connectivity index (χ3v) is 7.73. The standard InChI is InChI=1S/C35H53N2.C6H6N.Fe/c1-22(2)26-17-15-18-27(23(3)4)32(26)36-30(34(9,10)11)21-31(35(12,13)14)37-33-28(24(5)6)19-16-20-29(33)25(7)8;7-6-4-2-1-3-5-6;/h15-25H,1-14H3;1-5,7H;/q2*-1;+2/b30-21-,37-31?;;. The molecule has 0 unspecified atom stereocenters. The summed E-state index contributed by atoms with van der Waals surface area (Å²) in [4.78, 5) is 5.46. The predicted octanol–water partition coefficient (Wildman–Crippen LogP) is 14.3. The van der Waals surface area contributed by atoms with Gasteiger partial charge in [-0.3, -0.25) is 4.99 Å². The quantitative estimate of drug-likeness (QED) is 0.172. The van der Waals surface area contributed by atoms with Crippen molar-refractivity contribution in [3.8, 4) is 0 Å². The van der Waals surface area contributed by atoms with E-state index < -0.39 is 0 Å². The fourth-order valence-corrected chi connectivity index (χ4v) is 4.92. The second-order valence-electron chi connectivity index (χ2n) is 15.2. The van der Waals surface area contributed by atoms with Crippen molar-refractivity contribution < 1.29 is 17.1 Å². The summed E-state index contributed by atoms with van der Waals surface area (Å²) >= 11 is 0. The minimum Gasteiger partial charge on any atom is -0.699 e. The second-order valence-corrected chi connectivity index (χ2v) is 15.2. The molecule has 0 saturated heterocycles. The molecular formula is C41H59FeN3. The van der Waals surface area contributed by atoms with E-state index in [4.69, 9.17) is 16.0 Å². The Morgan fingerprint density at radius 3 is 1.31 bits per heavy atom. The maximum absolute atomic E-state index is 7.00. The molecule has 1 N–H and O–H groups in total. The van der Waals surface area contributed by atoms with Gasteiger partial charge in [-0.1, -0.05) is 181 Å². The molecule has 45 heavy (non-hydrogen) atoms. The molecule has 0 aliphatic heterocycles. The predicted molar refractivity (Wildman–Crippen MR) is 197 cm³/mol. The van der Waals surface area contributed by atoms with Gasteiger partial charge in [0.05, 0.1) is 5.69 Å². The summed E-state index contributed by atoms with van der Waals surface area (Å²) in [5.41, 5.74) is 16.9. The maximum atomic E-state index is 7.00. The summed E-state index contributed by atoms with van der Waals surface area (Å²) in [6.45, 7) is 31.7. The molecule has 3 aromatic rings. The largest absolute Gasteiger partial charge is 2.00 e. The molecule has 3 rings (SSSR count). The molecule has 0 amide bonds. The molecule has 0 aromatic heterocycles. The normalized spacial score (nSPS) is 12.8. The number of rotatable bonds is 8. The summed E-state index contributed by atoms with van der Waals surface area (Å²) in [6.07, 6.45) is 2.28. The smallest absolute Gasteiger partial charge is 0.699 e. The van der Waals surface area contributed by atoms with Crippen LogP contribution in [0.3, 0.4) is 0 Å². The molecule has 3 nitrogen and oxygen atoms in total. The monoisotopic (exact) mass is 649 g/mol. The maximum Gasteiger partial charge on any atom is 2.00 e. The number of para-hydroxylation sites is 2. The van der Waals surface area contributed by atoms with E-state index in [1.807, 2.05) is 18.2 Å². The van der Waals surface area contributed by atoms with Crippen LogP contribution in [0.1, 0.15) is 143 Å². The Balaban J connectivity index is 0.00000111. The van der Waals surface area contributed by atoms with Crippen LogP contribution in [-0.4, -0.2) is 5.71 Å². The van der Waals surface area contributed by atoms with Gasteiger partial charge in [0.2, 0.25) is 0 Å². The Labute approximate surface area is 287 Å². The topological polar surface area (TPSA) is 50.3 Å². The van der Waals surface area contributed by atoms with Gasteiger partial charge < -0.3 is 11.1 Å². The molecule has 3 aromatic carbocycles. The van der Waals surface area contributed by atoms with E-state index in [2.05, 4.69) is 139 Å². The summed E-state index contributed by atoms with van der Waals surface area (Å²) in [5.74, 6) is 1.61. The van der Waals surface area contributed by atoms with Crippen molar-refractivity contribution in [1.29, 1.82) is 0 Å². The summed E-state index contributed by atoms with van der Waals surface area (Å²) < 4.78 is 0. The zero-order chi connectivity index (χ0) is 33.4.